The average Bonchev–Trinajstić information content (AvgIpc) is 3.26. The summed E-state index contributed by atoms with van der Waals surface area (Å²) in [6, 6.07) is 7.48. The number of para-hydroxylation sites is 1. The van der Waals surface area contributed by atoms with Gasteiger partial charge in [-0.3, -0.25) is 14.5 Å². The van der Waals surface area contributed by atoms with Gasteiger partial charge in [0, 0.05) is 18.7 Å². The fourth-order valence-corrected chi connectivity index (χ4v) is 4.60. The molecular formula is C24H32N6O3. The molecule has 1 N–H and O–H groups in total. The summed E-state index contributed by atoms with van der Waals surface area (Å²) >= 11 is 0. The summed E-state index contributed by atoms with van der Waals surface area (Å²) < 4.78 is 7.01. The van der Waals surface area contributed by atoms with E-state index in [-0.39, 0.29) is 23.0 Å². The second-order valence-corrected chi connectivity index (χ2v) is 9.68. The maximum absolute atomic E-state index is 13.3. The summed E-state index contributed by atoms with van der Waals surface area (Å²) in [6.07, 6.45) is 1.33. The number of pyridine rings is 1. The molecule has 1 unspecified atom stereocenters. The largest absolute Gasteiger partial charge is 0.466 e. The molecule has 1 atom stereocenters. The highest BCUT2D eigenvalue weighted by Gasteiger charge is 2.36. The number of ether oxygens (including phenoxy) is 1. The molecule has 9 heteroatoms. The first kappa shape index (κ1) is 23.1. The molecule has 2 aromatic heterocycles. The van der Waals surface area contributed by atoms with Crippen LogP contribution in [0.5, 0.6) is 0 Å². The second-order valence-electron chi connectivity index (χ2n) is 9.68. The Balaban J connectivity index is 1.78. The van der Waals surface area contributed by atoms with Gasteiger partial charge in [-0.1, -0.05) is 18.2 Å². The minimum absolute atomic E-state index is 0.127. The van der Waals surface area contributed by atoms with Crippen molar-refractivity contribution >= 4 is 16.9 Å². The minimum atomic E-state index is -0.434. The van der Waals surface area contributed by atoms with Crippen molar-refractivity contribution in [3.05, 3.63) is 51.6 Å². The van der Waals surface area contributed by atoms with Crippen LogP contribution in [0, 0.1) is 12.8 Å². The van der Waals surface area contributed by atoms with Crippen LogP contribution in [0.2, 0.25) is 0 Å². The Hall–Kier alpha value is -3.07. The quantitative estimate of drug-likeness (QED) is 0.593. The molecule has 0 spiro atoms. The number of nitrogens with zero attached hydrogens (tertiary/aromatic N) is 5. The van der Waals surface area contributed by atoms with E-state index in [9.17, 15) is 9.59 Å². The molecule has 0 aliphatic carbocycles. The van der Waals surface area contributed by atoms with E-state index in [4.69, 9.17) is 4.74 Å². The van der Waals surface area contributed by atoms with Crippen molar-refractivity contribution in [3.63, 3.8) is 0 Å². The third-order valence-electron chi connectivity index (χ3n) is 6.30. The average molecular weight is 453 g/mol. The number of esters is 1. The lowest BCUT2D eigenvalue weighted by molar-refractivity contribution is -0.149. The van der Waals surface area contributed by atoms with E-state index in [0.717, 1.165) is 16.5 Å². The zero-order valence-electron chi connectivity index (χ0n) is 20.0. The fraction of sp³-hybridized carbons (Fsp3) is 0.542. The van der Waals surface area contributed by atoms with E-state index in [0.29, 0.717) is 43.9 Å². The Morgan fingerprint density at radius 2 is 2.00 bits per heavy atom. The predicted octanol–water partition coefficient (Wildman–Crippen LogP) is 2.94. The molecule has 0 bridgehead atoms. The number of benzene rings is 1. The summed E-state index contributed by atoms with van der Waals surface area (Å²) in [5.41, 5.74) is 1.94. The van der Waals surface area contributed by atoms with Crippen molar-refractivity contribution in [2.75, 3.05) is 19.7 Å². The summed E-state index contributed by atoms with van der Waals surface area (Å²) in [5, 5.41) is 13.5. The first-order valence-corrected chi connectivity index (χ1v) is 11.5. The maximum Gasteiger partial charge on any atom is 0.309 e. The van der Waals surface area contributed by atoms with Gasteiger partial charge in [-0.25, -0.2) is 4.68 Å². The van der Waals surface area contributed by atoms with Crippen LogP contribution >= 0.6 is 0 Å². The lowest BCUT2D eigenvalue weighted by Gasteiger charge is -2.37. The Kier molecular flexibility index (Phi) is 6.34. The van der Waals surface area contributed by atoms with E-state index in [1.807, 2.05) is 58.9 Å². The summed E-state index contributed by atoms with van der Waals surface area (Å²) in [6.45, 7) is 11.6. The van der Waals surface area contributed by atoms with Crippen LogP contribution in [0.25, 0.3) is 10.9 Å². The van der Waals surface area contributed by atoms with Gasteiger partial charge in [0.1, 0.15) is 6.04 Å². The van der Waals surface area contributed by atoms with Gasteiger partial charge in [0.05, 0.1) is 23.6 Å². The molecule has 1 aromatic carbocycles. The highest BCUT2D eigenvalue weighted by molar-refractivity contribution is 5.82. The molecule has 3 aromatic rings. The number of aromatic amines is 1. The van der Waals surface area contributed by atoms with Gasteiger partial charge < -0.3 is 9.72 Å². The Labute approximate surface area is 193 Å². The van der Waals surface area contributed by atoms with Gasteiger partial charge in [-0.05, 0) is 74.9 Å². The zero-order chi connectivity index (χ0) is 23.8. The number of aryl methyl sites for hydroxylation is 1. The second kappa shape index (κ2) is 9.05. The minimum Gasteiger partial charge on any atom is -0.466 e. The molecular weight excluding hydrogens is 420 g/mol. The van der Waals surface area contributed by atoms with E-state index in [1.165, 1.54) is 0 Å². The number of hydrogen-bond acceptors (Lipinski definition) is 7. The molecule has 1 aliphatic heterocycles. The number of aromatic nitrogens is 5. The Morgan fingerprint density at radius 1 is 1.27 bits per heavy atom. The zero-order valence-corrected chi connectivity index (χ0v) is 20.0. The SMILES string of the molecule is CCOC(=O)C1CCN(C(c2cc3cccc(C)c3[nH]c2=O)c2nnnn2C(C)(C)C)CC1. The van der Waals surface area contributed by atoms with E-state index in [2.05, 4.69) is 25.4 Å². The van der Waals surface area contributed by atoms with Crippen LogP contribution in [-0.2, 0) is 15.1 Å². The van der Waals surface area contributed by atoms with Crippen LogP contribution in [0.3, 0.4) is 0 Å². The smallest absolute Gasteiger partial charge is 0.309 e. The number of nitrogens with one attached hydrogen (secondary N) is 1. The topological polar surface area (TPSA) is 106 Å². The van der Waals surface area contributed by atoms with Crippen LogP contribution in [0.4, 0.5) is 0 Å². The van der Waals surface area contributed by atoms with Crippen LogP contribution < -0.4 is 5.56 Å². The third kappa shape index (κ3) is 4.55. The third-order valence-corrected chi connectivity index (χ3v) is 6.30. The van der Waals surface area contributed by atoms with Crippen LogP contribution in [0.15, 0.2) is 29.1 Å². The number of H-pyrrole nitrogens is 1. The number of rotatable bonds is 5. The molecule has 176 valence electrons. The van der Waals surface area contributed by atoms with Gasteiger partial charge in [0.15, 0.2) is 5.82 Å². The van der Waals surface area contributed by atoms with Crippen molar-refractivity contribution < 1.29 is 9.53 Å². The van der Waals surface area contributed by atoms with Crippen molar-refractivity contribution in [1.29, 1.82) is 0 Å². The first-order valence-electron chi connectivity index (χ1n) is 11.5. The van der Waals surface area contributed by atoms with Gasteiger partial charge in [-0.2, -0.15) is 0 Å². The summed E-state index contributed by atoms with van der Waals surface area (Å²) in [7, 11) is 0. The predicted molar refractivity (Wildman–Crippen MR) is 125 cm³/mol. The molecule has 1 saturated heterocycles. The Morgan fingerprint density at radius 3 is 2.67 bits per heavy atom. The maximum atomic E-state index is 13.3. The Bertz CT molecular complexity index is 1200. The molecule has 0 saturated carbocycles. The van der Waals surface area contributed by atoms with Crippen molar-refractivity contribution in [3.8, 4) is 0 Å². The molecule has 9 nitrogen and oxygen atoms in total. The number of likely N-dealkylation sites (tertiary alicyclic amines) is 1. The lowest BCUT2D eigenvalue weighted by Crippen LogP contribution is -2.43. The number of piperidine rings is 1. The van der Waals surface area contributed by atoms with E-state index < -0.39 is 6.04 Å². The summed E-state index contributed by atoms with van der Waals surface area (Å²) in [5.74, 6) is 0.347. The molecule has 0 amide bonds. The normalized spacial score (nSPS) is 16.8. The monoisotopic (exact) mass is 452 g/mol. The highest BCUT2D eigenvalue weighted by Crippen LogP contribution is 2.33. The highest BCUT2D eigenvalue weighted by atomic mass is 16.5. The molecule has 0 radical (unpaired) electrons. The molecule has 1 aliphatic rings. The van der Waals surface area contributed by atoms with Gasteiger partial charge in [0.2, 0.25) is 0 Å². The summed E-state index contributed by atoms with van der Waals surface area (Å²) in [4.78, 5) is 30.9. The van der Waals surface area contributed by atoms with E-state index in [1.54, 1.807) is 4.68 Å². The van der Waals surface area contributed by atoms with Crippen LogP contribution in [0.1, 0.15) is 63.5 Å². The first-order chi connectivity index (χ1) is 15.7. The number of tetrazole rings is 1. The number of hydrogen-bond donors (Lipinski definition) is 1. The number of fused-ring (bicyclic) bond motifs is 1. The standard InChI is InChI=1S/C24H32N6O3/c1-6-33-23(32)16-10-12-29(13-11-16)20(21-26-27-28-30(21)24(3,4)5)18-14-17-9-7-8-15(2)19(17)25-22(18)31/h7-9,14,16,20H,6,10-13H2,1-5H3,(H,25,31). The van der Waals surface area contributed by atoms with Crippen molar-refractivity contribution in [2.24, 2.45) is 5.92 Å². The molecule has 3 heterocycles. The molecule has 1 fully saturated rings. The lowest BCUT2D eigenvalue weighted by atomic mass is 9.93. The van der Waals surface area contributed by atoms with Crippen LogP contribution in [-0.4, -0.2) is 55.8 Å². The number of carbonyl (C=O) groups excluding carboxylic acids is 1. The molecule has 33 heavy (non-hydrogen) atoms. The van der Waals surface area contributed by atoms with Gasteiger partial charge in [0.25, 0.3) is 5.56 Å². The number of carbonyl (C=O) groups is 1. The van der Waals surface area contributed by atoms with E-state index >= 15 is 0 Å². The van der Waals surface area contributed by atoms with Gasteiger partial charge in [-0.15, -0.1) is 5.10 Å². The van der Waals surface area contributed by atoms with Crippen molar-refractivity contribution in [2.45, 2.75) is 59.0 Å². The molecule has 4 rings (SSSR count). The van der Waals surface area contributed by atoms with Crippen molar-refractivity contribution in [1.82, 2.24) is 30.1 Å². The van der Waals surface area contributed by atoms with Gasteiger partial charge >= 0.3 is 5.97 Å². The fourth-order valence-electron chi connectivity index (χ4n) is 4.60.